The number of aromatic amines is 1. The summed E-state index contributed by atoms with van der Waals surface area (Å²) in [5.41, 5.74) is 3.26. The Morgan fingerprint density at radius 1 is 1.00 bits per heavy atom. The fourth-order valence-corrected chi connectivity index (χ4v) is 6.56. The number of rotatable bonds is 7. The summed E-state index contributed by atoms with van der Waals surface area (Å²) in [4.78, 5) is 24.7. The molecule has 3 heterocycles. The summed E-state index contributed by atoms with van der Waals surface area (Å²) in [6.45, 7) is 8.10. The Hall–Kier alpha value is -3.70. The molecule has 0 saturated carbocycles. The molecule has 1 aliphatic rings. The standard InChI is InChI=1S/C33H34F3N4O2P/c1-23-4-7-27(19-26(23)8-6-25-16-28-10-11-37-32(28)38-20-25)31(41)18-24-5-9-29(30(17-24)33(34,35)36)21-39-12-14-40(15-13-39)22-43(2,3)42/h4-5,7,9-11,16-17,19-20H,12-15,18,21-22H2,1-3H3,(H,37,38). The van der Waals surface area contributed by atoms with Gasteiger partial charge in [-0.3, -0.25) is 14.6 Å². The Kier molecular flexibility index (Phi) is 8.94. The molecule has 1 saturated heterocycles. The number of pyridine rings is 1. The van der Waals surface area contributed by atoms with Crippen molar-refractivity contribution in [2.24, 2.45) is 0 Å². The Morgan fingerprint density at radius 2 is 1.74 bits per heavy atom. The number of ketones is 1. The summed E-state index contributed by atoms with van der Waals surface area (Å²) < 4.78 is 54.5. The number of piperazine rings is 1. The number of aromatic nitrogens is 2. The van der Waals surface area contributed by atoms with Crippen molar-refractivity contribution in [3.63, 3.8) is 0 Å². The molecule has 0 amide bonds. The van der Waals surface area contributed by atoms with Gasteiger partial charge in [0, 0.05) is 73.6 Å². The molecule has 10 heteroatoms. The van der Waals surface area contributed by atoms with Crippen LogP contribution in [0.4, 0.5) is 13.2 Å². The highest BCUT2D eigenvalue weighted by Crippen LogP contribution is 2.37. The number of hydrogen-bond donors (Lipinski definition) is 1. The van der Waals surface area contributed by atoms with Gasteiger partial charge >= 0.3 is 6.18 Å². The molecule has 43 heavy (non-hydrogen) atoms. The summed E-state index contributed by atoms with van der Waals surface area (Å²) in [5, 5.41) is 0.945. The van der Waals surface area contributed by atoms with Crippen LogP contribution in [0.5, 0.6) is 0 Å². The van der Waals surface area contributed by atoms with Crippen LogP contribution in [0.1, 0.15) is 43.7 Å². The van der Waals surface area contributed by atoms with Crippen LogP contribution in [0.3, 0.4) is 0 Å². The predicted octanol–water partition coefficient (Wildman–Crippen LogP) is 6.41. The summed E-state index contributed by atoms with van der Waals surface area (Å²) in [5.74, 6) is 5.93. The maximum atomic E-state index is 14.1. The summed E-state index contributed by atoms with van der Waals surface area (Å²) in [6, 6.07) is 13.2. The number of Topliss-reactive ketones (excluding diaryl/α,β-unsaturated/α-hetero) is 1. The number of nitrogens with zero attached hydrogens (tertiary/aromatic N) is 3. The van der Waals surface area contributed by atoms with Crippen LogP contribution in [0.15, 0.2) is 60.9 Å². The van der Waals surface area contributed by atoms with Gasteiger partial charge < -0.3 is 9.55 Å². The monoisotopic (exact) mass is 606 g/mol. The fraction of sp³-hybridized carbons (Fsp3) is 0.333. The second kappa shape index (κ2) is 12.5. The van der Waals surface area contributed by atoms with Crippen LogP contribution < -0.4 is 0 Å². The van der Waals surface area contributed by atoms with Crippen LogP contribution in [-0.4, -0.2) is 71.3 Å². The highest BCUT2D eigenvalue weighted by atomic mass is 31.2. The number of hydrogen-bond acceptors (Lipinski definition) is 5. The lowest BCUT2D eigenvalue weighted by Crippen LogP contribution is -2.46. The quantitative estimate of drug-likeness (QED) is 0.150. The molecule has 0 spiro atoms. The smallest absolute Gasteiger partial charge is 0.346 e. The van der Waals surface area contributed by atoms with Crippen LogP contribution in [-0.2, 0) is 23.7 Å². The zero-order chi connectivity index (χ0) is 30.8. The number of carbonyl (C=O) groups is 1. The molecule has 0 radical (unpaired) electrons. The molecule has 1 aliphatic heterocycles. The van der Waals surface area contributed by atoms with Gasteiger partial charge in [-0.15, -0.1) is 0 Å². The van der Waals surface area contributed by atoms with E-state index in [1.165, 1.54) is 6.07 Å². The largest absolute Gasteiger partial charge is 0.416 e. The van der Waals surface area contributed by atoms with Crippen molar-refractivity contribution in [1.82, 2.24) is 19.8 Å². The van der Waals surface area contributed by atoms with Gasteiger partial charge in [-0.1, -0.05) is 36.1 Å². The van der Waals surface area contributed by atoms with Crippen molar-refractivity contribution < 1.29 is 22.5 Å². The molecule has 2 aromatic carbocycles. The van der Waals surface area contributed by atoms with E-state index in [1.54, 1.807) is 50.0 Å². The number of fused-ring (bicyclic) bond motifs is 1. The normalized spacial score (nSPS) is 14.9. The van der Waals surface area contributed by atoms with E-state index in [0.717, 1.165) is 28.2 Å². The highest BCUT2D eigenvalue weighted by molar-refractivity contribution is 7.62. The minimum absolute atomic E-state index is 0.153. The first-order chi connectivity index (χ1) is 20.3. The molecule has 0 unspecified atom stereocenters. The molecule has 0 atom stereocenters. The molecular formula is C33H34F3N4O2P. The van der Waals surface area contributed by atoms with Gasteiger partial charge in [0.1, 0.15) is 5.65 Å². The Labute approximate surface area is 249 Å². The molecule has 6 nitrogen and oxygen atoms in total. The van der Waals surface area contributed by atoms with E-state index in [-0.39, 0.29) is 24.3 Å². The van der Waals surface area contributed by atoms with E-state index in [4.69, 9.17) is 0 Å². The number of benzene rings is 2. The number of H-pyrrole nitrogens is 1. The third-order valence-corrected chi connectivity index (χ3v) is 8.63. The van der Waals surface area contributed by atoms with Crippen molar-refractivity contribution >= 4 is 24.0 Å². The molecule has 1 fully saturated rings. The van der Waals surface area contributed by atoms with E-state index < -0.39 is 18.9 Å². The average molecular weight is 607 g/mol. The van der Waals surface area contributed by atoms with E-state index in [9.17, 15) is 22.5 Å². The van der Waals surface area contributed by atoms with Gasteiger partial charge in [-0.05, 0) is 61.2 Å². The van der Waals surface area contributed by atoms with Gasteiger partial charge in [-0.2, -0.15) is 13.2 Å². The van der Waals surface area contributed by atoms with Crippen LogP contribution in [0.2, 0.25) is 0 Å². The average Bonchev–Trinajstić information content (AvgIpc) is 3.41. The molecule has 0 aliphatic carbocycles. The lowest BCUT2D eigenvalue weighted by Gasteiger charge is -2.35. The molecule has 0 bridgehead atoms. The van der Waals surface area contributed by atoms with Gasteiger partial charge in [0.2, 0.25) is 0 Å². The van der Waals surface area contributed by atoms with Crippen molar-refractivity contribution in [3.8, 4) is 11.8 Å². The predicted molar refractivity (Wildman–Crippen MR) is 164 cm³/mol. The molecule has 2 aromatic heterocycles. The Bertz CT molecular complexity index is 1760. The third-order valence-electron chi connectivity index (χ3n) is 7.54. The van der Waals surface area contributed by atoms with E-state index in [0.29, 0.717) is 49.2 Å². The van der Waals surface area contributed by atoms with Crippen molar-refractivity contribution in [1.29, 1.82) is 0 Å². The van der Waals surface area contributed by atoms with Crippen LogP contribution >= 0.6 is 7.14 Å². The highest BCUT2D eigenvalue weighted by Gasteiger charge is 2.34. The molecule has 4 aromatic rings. The first-order valence-corrected chi connectivity index (χ1v) is 16.9. The summed E-state index contributed by atoms with van der Waals surface area (Å²) in [6.07, 6.45) is -0.692. The lowest BCUT2D eigenvalue weighted by atomic mass is 9.96. The van der Waals surface area contributed by atoms with Crippen LogP contribution in [0.25, 0.3) is 11.0 Å². The van der Waals surface area contributed by atoms with Gasteiger partial charge in [0.05, 0.1) is 19.0 Å². The number of alkyl halides is 3. The maximum Gasteiger partial charge on any atom is 0.416 e. The second-order valence-electron chi connectivity index (χ2n) is 11.6. The van der Waals surface area contributed by atoms with Gasteiger partial charge in [-0.25, -0.2) is 4.98 Å². The number of nitrogens with one attached hydrogen (secondary N) is 1. The number of carbonyl (C=O) groups excluding carboxylic acids is 1. The Morgan fingerprint density at radius 3 is 2.47 bits per heavy atom. The second-order valence-corrected chi connectivity index (χ2v) is 15.0. The molecule has 224 valence electrons. The van der Waals surface area contributed by atoms with Crippen molar-refractivity contribution in [2.45, 2.75) is 26.1 Å². The van der Waals surface area contributed by atoms with E-state index >= 15 is 0 Å². The first-order valence-electron chi connectivity index (χ1n) is 14.1. The fourth-order valence-electron chi connectivity index (χ4n) is 5.31. The number of aryl methyl sites for hydroxylation is 1. The van der Waals surface area contributed by atoms with Gasteiger partial charge in [0.25, 0.3) is 0 Å². The molecular weight excluding hydrogens is 572 g/mol. The first kappa shape index (κ1) is 30.7. The summed E-state index contributed by atoms with van der Waals surface area (Å²) >= 11 is 0. The van der Waals surface area contributed by atoms with E-state index in [1.807, 2.05) is 24.0 Å². The van der Waals surface area contributed by atoms with E-state index in [2.05, 4.69) is 26.7 Å². The molecule has 5 rings (SSSR count). The van der Waals surface area contributed by atoms with Gasteiger partial charge in [0.15, 0.2) is 5.78 Å². The van der Waals surface area contributed by atoms with Crippen LogP contribution in [0, 0.1) is 18.8 Å². The third kappa shape index (κ3) is 8.03. The SMILES string of the molecule is Cc1ccc(C(=O)Cc2ccc(CN3CCN(CP(C)(C)=O)CC3)c(C(F)(F)F)c2)cc1C#Cc1cnc2[nH]ccc2c1. The summed E-state index contributed by atoms with van der Waals surface area (Å²) in [7, 11) is -2.20. The van der Waals surface area contributed by atoms with Crippen molar-refractivity contribution in [2.75, 3.05) is 45.8 Å². The lowest BCUT2D eigenvalue weighted by molar-refractivity contribution is -0.138. The van der Waals surface area contributed by atoms with Crippen molar-refractivity contribution in [3.05, 3.63) is 99.9 Å². The zero-order valence-corrected chi connectivity index (χ0v) is 25.4. The maximum absolute atomic E-state index is 14.1. The topological polar surface area (TPSA) is 69.3 Å². The Balaban J connectivity index is 1.29. The minimum atomic E-state index is -4.54. The number of halogens is 3. The minimum Gasteiger partial charge on any atom is -0.346 e. The molecule has 1 N–H and O–H groups in total. The zero-order valence-electron chi connectivity index (χ0n) is 24.5.